The molecule has 7 heteroatoms. The van der Waals surface area contributed by atoms with Crippen molar-refractivity contribution in [2.24, 2.45) is 5.92 Å². The summed E-state index contributed by atoms with van der Waals surface area (Å²) in [6.07, 6.45) is 0.717. The second kappa shape index (κ2) is 6.32. The van der Waals surface area contributed by atoms with Gasteiger partial charge in [0.1, 0.15) is 11.6 Å². The Bertz CT molecular complexity index is 811. The van der Waals surface area contributed by atoms with Gasteiger partial charge in [0.2, 0.25) is 5.78 Å². The van der Waals surface area contributed by atoms with Gasteiger partial charge in [-0.15, -0.1) is 11.3 Å². The summed E-state index contributed by atoms with van der Waals surface area (Å²) >= 11 is 1.18. The number of rotatable bonds is 4. The molecule has 0 fully saturated rings. The number of carbonyl (C=O) groups excluding carboxylic acids is 2. The summed E-state index contributed by atoms with van der Waals surface area (Å²) in [7, 11) is 0. The zero-order valence-electron chi connectivity index (χ0n) is 12.9. The lowest BCUT2D eigenvalue weighted by molar-refractivity contribution is -0.147. The number of hydrogen-bond donors (Lipinski definition) is 1. The van der Waals surface area contributed by atoms with E-state index in [0.29, 0.717) is 18.4 Å². The molecule has 0 spiro atoms. The van der Waals surface area contributed by atoms with Crippen molar-refractivity contribution < 1.29 is 23.1 Å². The lowest BCUT2D eigenvalue weighted by Crippen LogP contribution is -2.18. The van der Waals surface area contributed by atoms with Gasteiger partial charge in [0.05, 0.1) is 28.7 Å². The van der Waals surface area contributed by atoms with Crippen LogP contribution >= 0.6 is 11.3 Å². The molecule has 2 N–H and O–H groups in total. The zero-order valence-corrected chi connectivity index (χ0v) is 13.7. The second-order valence-electron chi connectivity index (χ2n) is 5.53. The lowest BCUT2D eigenvalue weighted by Gasteiger charge is -2.09. The van der Waals surface area contributed by atoms with Crippen molar-refractivity contribution in [3.63, 3.8) is 0 Å². The number of halogens is 2. The minimum Gasteiger partial charge on any atom is -0.466 e. The largest absolute Gasteiger partial charge is 0.466 e. The Morgan fingerprint density at radius 2 is 1.92 bits per heavy atom. The lowest BCUT2D eigenvalue weighted by atomic mass is 9.98. The maximum absolute atomic E-state index is 13.9. The number of ether oxygens (including phenoxy) is 1. The van der Waals surface area contributed by atoms with Gasteiger partial charge in [-0.3, -0.25) is 9.59 Å². The van der Waals surface area contributed by atoms with Gasteiger partial charge in [-0.1, -0.05) is 6.07 Å². The molecule has 4 nitrogen and oxygen atoms in total. The van der Waals surface area contributed by atoms with Crippen LogP contribution in [0.1, 0.15) is 33.3 Å². The van der Waals surface area contributed by atoms with E-state index >= 15 is 0 Å². The van der Waals surface area contributed by atoms with Gasteiger partial charge in [-0.05, 0) is 37.5 Å². The predicted molar refractivity (Wildman–Crippen MR) is 86.1 cm³/mol. The molecule has 1 aliphatic carbocycles. The molecular weight excluding hydrogens is 336 g/mol. The van der Waals surface area contributed by atoms with Crippen molar-refractivity contribution in [1.29, 1.82) is 0 Å². The van der Waals surface area contributed by atoms with Crippen LogP contribution in [0.5, 0.6) is 0 Å². The van der Waals surface area contributed by atoms with Gasteiger partial charge in [0.25, 0.3) is 0 Å². The summed E-state index contributed by atoms with van der Waals surface area (Å²) in [4.78, 5) is 25.4. The third kappa shape index (κ3) is 2.69. The normalized spacial score (nSPS) is 16.0. The van der Waals surface area contributed by atoms with Crippen LogP contribution in [-0.4, -0.2) is 18.4 Å². The predicted octanol–water partition coefficient (Wildman–Crippen LogP) is 3.12. The Morgan fingerprint density at radius 1 is 1.25 bits per heavy atom. The first-order chi connectivity index (χ1) is 11.4. The summed E-state index contributed by atoms with van der Waals surface area (Å²) in [5, 5.41) is 0.218. The first-order valence-corrected chi connectivity index (χ1v) is 8.31. The van der Waals surface area contributed by atoms with Crippen molar-refractivity contribution in [2.75, 3.05) is 12.3 Å². The van der Waals surface area contributed by atoms with E-state index in [1.165, 1.54) is 17.4 Å². The molecule has 24 heavy (non-hydrogen) atoms. The molecule has 0 amide bonds. The number of benzene rings is 1. The van der Waals surface area contributed by atoms with E-state index < -0.39 is 23.0 Å². The minimum absolute atomic E-state index is 0.103. The van der Waals surface area contributed by atoms with E-state index in [0.717, 1.165) is 17.0 Å². The molecule has 0 radical (unpaired) electrons. The van der Waals surface area contributed by atoms with Gasteiger partial charge in [-0.2, -0.15) is 0 Å². The maximum Gasteiger partial charge on any atom is 0.309 e. The summed E-state index contributed by atoms with van der Waals surface area (Å²) < 4.78 is 32.8. The zero-order chi connectivity index (χ0) is 17.4. The molecule has 3 rings (SSSR count). The highest BCUT2D eigenvalue weighted by molar-refractivity contribution is 7.16. The Kier molecular flexibility index (Phi) is 4.36. The third-order valence-electron chi connectivity index (χ3n) is 4.04. The summed E-state index contributed by atoms with van der Waals surface area (Å²) in [6, 6.07) is 3.25. The monoisotopic (exact) mass is 351 g/mol. The molecule has 1 aliphatic rings. The molecule has 1 aromatic carbocycles. The molecule has 0 aliphatic heterocycles. The summed E-state index contributed by atoms with van der Waals surface area (Å²) in [6.45, 7) is 1.99. The Labute approximate surface area is 141 Å². The van der Waals surface area contributed by atoms with Gasteiger partial charge < -0.3 is 10.5 Å². The topological polar surface area (TPSA) is 69.4 Å². The Morgan fingerprint density at radius 3 is 2.54 bits per heavy atom. The highest BCUT2D eigenvalue weighted by atomic mass is 32.1. The summed E-state index contributed by atoms with van der Waals surface area (Å²) in [5.41, 5.74) is 5.99. The van der Waals surface area contributed by atoms with Crippen LogP contribution in [-0.2, 0) is 22.4 Å². The van der Waals surface area contributed by atoms with Crippen LogP contribution < -0.4 is 5.73 Å². The SMILES string of the molecule is CCOC(=O)C1Cc2sc(N)c(C(=O)c3c(F)cccc3F)c2C1. The smallest absolute Gasteiger partial charge is 0.309 e. The van der Waals surface area contributed by atoms with Crippen molar-refractivity contribution >= 4 is 28.1 Å². The average molecular weight is 351 g/mol. The molecule has 0 saturated heterocycles. The minimum atomic E-state index is -0.931. The van der Waals surface area contributed by atoms with Crippen molar-refractivity contribution in [1.82, 2.24) is 0 Å². The number of nitrogens with two attached hydrogens (primary N) is 1. The van der Waals surface area contributed by atoms with Crippen LogP contribution in [0.2, 0.25) is 0 Å². The van der Waals surface area contributed by atoms with Crippen LogP contribution in [0, 0.1) is 17.6 Å². The fraction of sp³-hybridized carbons (Fsp3) is 0.294. The fourth-order valence-electron chi connectivity index (χ4n) is 2.97. The summed E-state index contributed by atoms with van der Waals surface area (Å²) in [5.74, 6) is -3.37. The van der Waals surface area contributed by atoms with E-state index in [4.69, 9.17) is 10.5 Å². The van der Waals surface area contributed by atoms with Crippen LogP contribution in [0.25, 0.3) is 0 Å². The van der Waals surface area contributed by atoms with Crippen LogP contribution in [0.15, 0.2) is 18.2 Å². The average Bonchev–Trinajstić information content (AvgIpc) is 3.03. The van der Waals surface area contributed by atoms with Crippen molar-refractivity contribution in [2.45, 2.75) is 19.8 Å². The number of esters is 1. The van der Waals surface area contributed by atoms with Crippen molar-refractivity contribution in [3.8, 4) is 0 Å². The van der Waals surface area contributed by atoms with Crippen LogP contribution in [0.4, 0.5) is 13.8 Å². The third-order valence-corrected chi connectivity index (χ3v) is 5.12. The van der Waals surface area contributed by atoms with Crippen molar-refractivity contribution in [3.05, 3.63) is 51.4 Å². The van der Waals surface area contributed by atoms with E-state index in [2.05, 4.69) is 0 Å². The molecule has 1 unspecified atom stereocenters. The highest BCUT2D eigenvalue weighted by Crippen LogP contribution is 2.41. The molecule has 0 bridgehead atoms. The van der Waals surface area contributed by atoms with Crippen LogP contribution in [0.3, 0.4) is 0 Å². The number of ketones is 1. The van der Waals surface area contributed by atoms with Gasteiger partial charge in [-0.25, -0.2) is 8.78 Å². The highest BCUT2D eigenvalue weighted by Gasteiger charge is 2.36. The van der Waals surface area contributed by atoms with Gasteiger partial charge >= 0.3 is 5.97 Å². The van der Waals surface area contributed by atoms with E-state index in [9.17, 15) is 18.4 Å². The first-order valence-electron chi connectivity index (χ1n) is 7.49. The molecule has 2 aromatic rings. The molecular formula is C17H15F2NO3S. The number of hydrogen-bond acceptors (Lipinski definition) is 5. The van der Waals surface area contributed by atoms with E-state index in [1.807, 2.05) is 0 Å². The van der Waals surface area contributed by atoms with Gasteiger partial charge in [0.15, 0.2) is 0 Å². The molecule has 126 valence electrons. The number of thiophene rings is 1. The first kappa shape index (κ1) is 16.6. The molecule has 1 atom stereocenters. The number of anilines is 1. The number of nitrogen functional groups attached to an aromatic ring is 1. The fourth-order valence-corrected chi connectivity index (χ4v) is 4.15. The molecule has 1 aromatic heterocycles. The number of carbonyl (C=O) groups is 2. The maximum atomic E-state index is 13.9. The quantitative estimate of drug-likeness (QED) is 0.679. The number of fused-ring (bicyclic) bond motifs is 1. The standard InChI is InChI=1S/C17H15F2NO3S/c1-2-23-17(22)8-6-9-12(7-8)24-16(20)13(9)15(21)14-10(18)4-3-5-11(14)19/h3-5,8H,2,6-7,20H2,1H3. The van der Waals surface area contributed by atoms with E-state index in [1.54, 1.807) is 6.92 Å². The second-order valence-corrected chi connectivity index (χ2v) is 6.66. The molecule has 1 heterocycles. The van der Waals surface area contributed by atoms with E-state index in [-0.39, 0.29) is 29.1 Å². The Hall–Kier alpha value is -2.28. The molecule has 0 saturated carbocycles. The van der Waals surface area contributed by atoms with Gasteiger partial charge in [0, 0.05) is 4.88 Å². The Balaban J connectivity index is 1.98.